The van der Waals surface area contributed by atoms with Gasteiger partial charge in [0.2, 0.25) is 10.0 Å². The molecule has 6 nitrogen and oxygen atoms in total. The van der Waals surface area contributed by atoms with Crippen LogP contribution in [0.1, 0.15) is 25.3 Å². The second-order valence-electron chi connectivity index (χ2n) is 6.17. The first kappa shape index (κ1) is 18.7. The predicted molar refractivity (Wildman–Crippen MR) is 98.4 cm³/mol. The molecule has 0 bridgehead atoms. The average molecular weight is 353 g/mol. The average Bonchev–Trinajstić information content (AvgIpc) is 2.58. The Hall–Kier alpha value is -1.60. The van der Waals surface area contributed by atoms with Crippen LogP contribution in [-0.4, -0.2) is 51.1 Å². The molecule has 2 rings (SSSR count). The van der Waals surface area contributed by atoms with E-state index in [9.17, 15) is 8.42 Å². The van der Waals surface area contributed by atoms with Crippen LogP contribution in [0.15, 0.2) is 35.3 Å². The minimum absolute atomic E-state index is 0.476. The molecule has 7 heteroatoms. The molecule has 1 aromatic carbocycles. The largest absolute Gasteiger partial charge is 0.357 e. The lowest BCUT2D eigenvalue weighted by atomic mass is 9.98. The number of guanidine groups is 1. The number of rotatable bonds is 6. The minimum Gasteiger partial charge on any atom is -0.357 e. The van der Waals surface area contributed by atoms with Crippen molar-refractivity contribution in [3.8, 4) is 0 Å². The van der Waals surface area contributed by atoms with Gasteiger partial charge in [0.05, 0.1) is 12.8 Å². The van der Waals surface area contributed by atoms with E-state index in [-0.39, 0.29) is 0 Å². The molecule has 1 aliphatic heterocycles. The van der Waals surface area contributed by atoms with Crippen molar-refractivity contribution < 1.29 is 8.42 Å². The summed E-state index contributed by atoms with van der Waals surface area (Å²) >= 11 is 0. The van der Waals surface area contributed by atoms with Gasteiger partial charge in [-0.3, -0.25) is 0 Å². The third kappa shape index (κ3) is 6.13. The lowest BCUT2D eigenvalue weighted by Crippen LogP contribution is -2.44. The molecule has 1 heterocycles. The first-order valence-corrected chi connectivity index (χ1v) is 10.3. The second-order valence-corrected chi connectivity index (χ2v) is 8.15. The molecular formula is C17H28N4O2S. The van der Waals surface area contributed by atoms with E-state index < -0.39 is 10.0 Å². The molecule has 0 spiro atoms. The minimum atomic E-state index is -3.05. The Morgan fingerprint density at radius 2 is 1.88 bits per heavy atom. The van der Waals surface area contributed by atoms with E-state index in [0.717, 1.165) is 31.9 Å². The van der Waals surface area contributed by atoms with Crippen LogP contribution in [0, 0.1) is 5.92 Å². The maximum atomic E-state index is 11.5. The number of aliphatic imine (C=N–C) groups is 1. The summed E-state index contributed by atoms with van der Waals surface area (Å²) in [5, 5.41) is 6.64. The highest BCUT2D eigenvalue weighted by atomic mass is 32.2. The van der Waals surface area contributed by atoms with Gasteiger partial charge in [0, 0.05) is 26.2 Å². The second kappa shape index (κ2) is 9.03. The van der Waals surface area contributed by atoms with Crippen LogP contribution in [0.3, 0.4) is 0 Å². The summed E-state index contributed by atoms with van der Waals surface area (Å²) in [6, 6.07) is 10.2. The maximum absolute atomic E-state index is 11.5. The fraction of sp³-hybridized carbons (Fsp3) is 0.588. The third-order valence-electron chi connectivity index (χ3n) is 4.21. The Bertz CT molecular complexity index is 623. The SMILES string of the molecule is CCNC(=NCc1ccccc1)NCC1CCN(S(C)(=O)=O)CC1. The van der Waals surface area contributed by atoms with Crippen molar-refractivity contribution in [1.82, 2.24) is 14.9 Å². The van der Waals surface area contributed by atoms with Gasteiger partial charge in [0.1, 0.15) is 0 Å². The molecule has 24 heavy (non-hydrogen) atoms. The predicted octanol–water partition coefficient (Wildman–Crippen LogP) is 1.41. The number of nitrogens with one attached hydrogen (secondary N) is 2. The zero-order chi connectivity index (χ0) is 17.4. The molecule has 0 unspecified atom stereocenters. The maximum Gasteiger partial charge on any atom is 0.211 e. The van der Waals surface area contributed by atoms with E-state index in [1.54, 1.807) is 4.31 Å². The third-order valence-corrected chi connectivity index (χ3v) is 5.51. The zero-order valence-corrected chi connectivity index (χ0v) is 15.3. The number of benzene rings is 1. The Morgan fingerprint density at radius 1 is 1.21 bits per heavy atom. The van der Waals surface area contributed by atoms with Crippen LogP contribution < -0.4 is 10.6 Å². The van der Waals surface area contributed by atoms with Crippen molar-refractivity contribution in [2.75, 3.05) is 32.4 Å². The summed E-state index contributed by atoms with van der Waals surface area (Å²) < 4.78 is 24.7. The Kier molecular flexibility index (Phi) is 7.05. The molecule has 134 valence electrons. The molecule has 0 atom stereocenters. The fourth-order valence-electron chi connectivity index (χ4n) is 2.78. The number of nitrogens with zero attached hydrogens (tertiary/aromatic N) is 2. The van der Waals surface area contributed by atoms with Gasteiger partial charge in [-0.2, -0.15) is 0 Å². The highest BCUT2D eigenvalue weighted by Gasteiger charge is 2.24. The standard InChI is InChI=1S/C17H28N4O2S/c1-3-18-17(19-13-15-7-5-4-6-8-15)20-14-16-9-11-21(12-10-16)24(2,22)23/h4-8,16H,3,9-14H2,1-2H3,(H2,18,19,20). The molecule has 1 aliphatic rings. The monoisotopic (exact) mass is 352 g/mol. The van der Waals surface area contributed by atoms with Crippen molar-refractivity contribution in [3.05, 3.63) is 35.9 Å². The van der Waals surface area contributed by atoms with E-state index in [4.69, 9.17) is 0 Å². The van der Waals surface area contributed by atoms with E-state index in [1.807, 2.05) is 25.1 Å². The van der Waals surface area contributed by atoms with Crippen LogP contribution in [-0.2, 0) is 16.6 Å². The summed E-state index contributed by atoms with van der Waals surface area (Å²) in [6.07, 6.45) is 3.06. The molecule has 1 saturated heterocycles. The summed E-state index contributed by atoms with van der Waals surface area (Å²) in [5.74, 6) is 1.29. The molecular weight excluding hydrogens is 324 g/mol. The molecule has 2 N–H and O–H groups in total. The fourth-order valence-corrected chi connectivity index (χ4v) is 3.66. The van der Waals surface area contributed by atoms with Gasteiger partial charge in [-0.1, -0.05) is 30.3 Å². The molecule has 0 aliphatic carbocycles. The van der Waals surface area contributed by atoms with Crippen molar-refractivity contribution in [2.24, 2.45) is 10.9 Å². The summed E-state index contributed by atoms with van der Waals surface area (Å²) in [7, 11) is -3.05. The summed E-state index contributed by atoms with van der Waals surface area (Å²) in [6.45, 7) is 5.55. The molecule has 0 amide bonds. The van der Waals surface area contributed by atoms with Crippen molar-refractivity contribution in [1.29, 1.82) is 0 Å². The molecule has 0 saturated carbocycles. The van der Waals surface area contributed by atoms with Crippen LogP contribution in [0.25, 0.3) is 0 Å². The summed E-state index contributed by atoms with van der Waals surface area (Å²) in [4.78, 5) is 4.61. The van der Waals surface area contributed by atoms with Gasteiger partial charge in [-0.25, -0.2) is 17.7 Å². The lowest BCUT2D eigenvalue weighted by Gasteiger charge is -2.30. The van der Waals surface area contributed by atoms with Gasteiger partial charge in [0.15, 0.2) is 5.96 Å². The zero-order valence-electron chi connectivity index (χ0n) is 14.5. The van der Waals surface area contributed by atoms with Gasteiger partial charge < -0.3 is 10.6 Å². The van der Waals surface area contributed by atoms with Gasteiger partial charge >= 0.3 is 0 Å². The van der Waals surface area contributed by atoms with E-state index in [2.05, 4.69) is 27.8 Å². The molecule has 0 aromatic heterocycles. The molecule has 0 radical (unpaired) electrons. The Balaban J connectivity index is 1.81. The van der Waals surface area contributed by atoms with E-state index >= 15 is 0 Å². The van der Waals surface area contributed by atoms with Crippen LogP contribution in [0.2, 0.25) is 0 Å². The number of hydrogen-bond donors (Lipinski definition) is 2. The Morgan fingerprint density at radius 3 is 2.46 bits per heavy atom. The molecule has 1 fully saturated rings. The van der Waals surface area contributed by atoms with Crippen molar-refractivity contribution >= 4 is 16.0 Å². The van der Waals surface area contributed by atoms with Gasteiger partial charge in [-0.15, -0.1) is 0 Å². The summed E-state index contributed by atoms with van der Waals surface area (Å²) in [5.41, 5.74) is 1.18. The molecule has 1 aromatic rings. The topological polar surface area (TPSA) is 73.8 Å². The van der Waals surface area contributed by atoms with Crippen LogP contribution in [0.5, 0.6) is 0 Å². The van der Waals surface area contributed by atoms with Crippen molar-refractivity contribution in [2.45, 2.75) is 26.3 Å². The first-order chi connectivity index (χ1) is 11.5. The normalized spacial score (nSPS) is 17.7. The first-order valence-electron chi connectivity index (χ1n) is 8.50. The highest BCUT2D eigenvalue weighted by molar-refractivity contribution is 7.88. The highest BCUT2D eigenvalue weighted by Crippen LogP contribution is 2.18. The quantitative estimate of drug-likeness (QED) is 0.600. The smallest absolute Gasteiger partial charge is 0.211 e. The Labute approximate surface area is 145 Å². The van der Waals surface area contributed by atoms with E-state index in [0.29, 0.717) is 25.6 Å². The van der Waals surface area contributed by atoms with Crippen LogP contribution in [0.4, 0.5) is 0 Å². The van der Waals surface area contributed by atoms with Crippen molar-refractivity contribution in [3.63, 3.8) is 0 Å². The van der Waals surface area contributed by atoms with Crippen LogP contribution >= 0.6 is 0 Å². The van der Waals surface area contributed by atoms with Gasteiger partial charge in [0.25, 0.3) is 0 Å². The van der Waals surface area contributed by atoms with E-state index in [1.165, 1.54) is 11.8 Å². The lowest BCUT2D eigenvalue weighted by molar-refractivity contribution is 0.275. The number of piperidine rings is 1. The van der Waals surface area contributed by atoms with Gasteiger partial charge in [-0.05, 0) is 31.2 Å². The number of sulfonamides is 1. The number of hydrogen-bond acceptors (Lipinski definition) is 3.